The highest BCUT2D eigenvalue weighted by Gasteiger charge is 2.05. The summed E-state index contributed by atoms with van der Waals surface area (Å²) < 4.78 is 0. The number of hydrogen-bond donors (Lipinski definition) is 1. The van der Waals surface area contributed by atoms with Crippen molar-refractivity contribution in [2.24, 2.45) is 5.16 Å². The lowest BCUT2D eigenvalue weighted by Crippen LogP contribution is -2.26. The fraction of sp³-hybridized carbons (Fsp3) is 0.176. The van der Waals surface area contributed by atoms with Crippen molar-refractivity contribution in [3.63, 3.8) is 0 Å². The van der Waals surface area contributed by atoms with E-state index in [1.807, 2.05) is 31.2 Å². The third kappa shape index (κ3) is 5.93. The fourth-order valence-corrected chi connectivity index (χ4v) is 2.23. The monoisotopic (exact) mass is 350 g/mol. The highest BCUT2D eigenvalue weighted by Crippen LogP contribution is 2.20. The zero-order chi connectivity index (χ0) is 16.7. The smallest absolute Gasteiger partial charge is 0.261 e. The van der Waals surface area contributed by atoms with Gasteiger partial charge in [0.15, 0.2) is 6.61 Å². The highest BCUT2D eigenvalue weighted by atomic mass is 35.5. The third-order valence-electron chi connectivity index (χ3n) is 3.04. The predicted molar refractivity (Wildman–Crippen MR) is 93.0 cm³/mol. The second-order valence-electron chi connectivity index (χ2n) is 4.93. The quantitative estimate of drug-likeness (QED) is 0.632. The molecular formula is C17H16Cl2N2O2. The number of rotatable bonds is 6. The number of nitrogens with zero attached hydrogens (tertiary/aromatic N) is 1. The van der Waals surface area contributed by atoms with Crippen LogP contribution in [0, 0.1) is 6.92 Å². The first-order chi connectivity index (χ1) is 11.0. The van der Waals surface area contributed by atoms with E-state index in [9.17, 15) is 4.79 Å². The predicted octanol–water partition coefficient (Wildman–Crippen LogP) is 3.97. The summed E-state index contributed by atoms with van der Waals surface area (Å²) in [4.78, 5) is 16.6. The second kappa shape index (κ2) is 8.56. The molecular weight excluding hydrogens is 335 g/mol. The Balaban J connectivity index is 1.73. The molecule has 2 aromatic rings. The van der Waals surface area contributed by atoms with Gasteiger partial charge in [0, 0.05) is 16.6 Å². The van der Waals surface area contributed by atoms with Crippen LogP contribution in [0.4, 0.5) is 0 Å². The Labute approximate surface area is 145 Å². The first-order valence-electron chi connectivity index (χ1n) is 6.97. The number of halogens is 2. The topological polar surface area (TPSA) is 50.7 Å². The second-order valence-corrected chi connectivity index (χ2v) is 5.77. The van der Waals surface area contributed by atoms with Crippen molar-refractivity contribution in [1.82, 2.24) is 5.32 Å². The molecule has 6 heteroatoms. The molecule has 0 atom stereocenters. The van der Waals surface area contributed by atoms with E-state index in [0.29, 0.717) is 16.6 Å². The van der Waals surface area contributed by atoms with Crippen LogP contribution in [-0.4, -0.2) is 18.7 Å². The molecule has 0 aliphatic heterocycles. The van der Waals surface area contributed by atoms with Gasteiger partial charge in [-0.3, -0.25) is 4.79 Å². The molecule has 0 spiro atoms. The van der Waals surface area contributed by atoms with E-state index in [4.69, 9.17) is 28.0 Å². The lowest BCUT2D eigenvalue weighted by molar-refractivity contribution is -0.125. The Kier molecular flexibility index (Phi) is 6.44. The molecule has 0 saturated carbocycles. The van der Waals surface area contributed by atoms with E-state index >= 15 is 0 Å². The number of nitrogens with one attached hydrogen (secondary N) is 1. The summed E-state index contributed by atoms with van der Waals surface area (Å²) in [7, 11) is 0. The third-order valence-corrected chi connectivity index (χ3v) is 3.63. The number of hydrogen-bond acceptors (Lipinski definition) is 3. The average molecular weight is 351 g/mol. The maximum absolute atomic E-state index is 11.7. The van der Waals surface area contributed by atoms with Crippen molar-refractivity contribution < 1.29 is 9.63 Å². The van der Waals surface area contributed by atoms with Gasteiger partial charge in [-0.15, -0.1) is 0 Å². The molecule has 2 aromatic carbocycles. The number of carbonyl (C=O) groups excluding carboxylic acids is 1. The Bertz CT molecular complexity index is 700. The number of oxime groups is 1. The number of carbonyl (C=O) groups is 1. The van der Waals surface area contributed by atoms with E-state index < -0.39 is 0 Å². The SMILES string of the molecule is Cc1ccc(/C=N\OCC(=O)NCc2ccc(Cl)cc2Cl)cc1. The first-order valence-corrected chi connectivity index (χ1v) is 7.73. The van der Waals surface area contributed by atoms with E-state index in [2.05, 4.69) is 10.5 Å². The molecule has 0 aliphatic rings. The van der Waals surface area contributed by atoms with E-state index in [1.54, 1.807) is 24.4 Å². The van der Waals surface area contributed by atoms with Crippen molar-refractivity contribution in [1.29, 1.82) is 0 Å². The van der Waals surface area contributed by atoms with Crippen LogP contribution >= 0.6 is 23.2 Å². The molecule has 0 fully saturated rings. The van der Waals surface area contributed by atoms with Crippen LogP contribution in [0.2, 0.25) is 10.0 Å². The molecule has 0 bridgehead atoms. The Morgan fingerprint density at radius 1 is 1.22 bits per heavy atom. The maximum Gasteiger partial charge on any atom is 0.261 e. The van der Waals surface area contributed by atoms with Gasteiger partial charge in [-0.1, -0.05) is 64.3 Å². The van der Waals surface area contributed by atoms with Crippen LogP contribution in [0.25, 0.3) is 0 Å². The Morgan fingerprint density at radius 2 is 1.96 bits per heavy atom. The minimum Gasteiger partial charge on any atom is -0.386 e. The minimum absolute atomic E-state index is 0.159. The summed E-state index contributed by atoms with van der Waals surface area (Å²) in [6.07, 6.45) is 1.56. The van der Waals surface area contributed by atoms with Crippen molar-refractivity contribution in [3.05, 3.63) is 69.2 Å². The van der Waals surface area contributed by atoms with Crippen LogP contribution < -0.4 is 5.32 Å². The van der Waals surface area contributed by atoms with E-state index in [0.717, 1.165) is 11.1 Å². The average Bonchev–Trinajstić information content (AvgIpc) is 2.52. The summed E-state index contributed by atoms with van der Waals surface area (Å²) in [6, 6.07) is 12.9. The molecule has 0 aliphatic carbocycles. The highest BCUT2D eigenvalue weighted by molar-refractivity contribution is 6.35. The number of aryl methyl sites for hydroxylation is 1. The van der Waals surface area contributed by atoms with Gasteiger partial charge in [-0.25, -0.2) is 0 Å². The Hall–Kier alpha value is -2.04. The summed E-state index contributed by atoms with van der Waals surface area (Å²) >= 11 is 11.8. The van der Waals surface area contributed by atoms with Crippen molar-refractivity contribution in [2.45, 2.75) is 13.5 Å². The molecule has 1 N–H and O–H groups in total. The van der Waals surface area contributed by atoms with E-state index in [-0.39, 0.29) is 12.5 Å². The van der Waals surface area contributed by atoms with Crippen LogP contribution in [-0.2, 0) is 16.2 Å². The number of amides is 1. The normalized spacial score (nSPS) is 10.7. The molecule has 0 heterocycles. The van der Waals surface area contributed by atoms with Crippen molar-refractivity contribution in [2.75, 3.05) is 6.61 Å². The summed E-state index contributed by atoms with van der Waals surface area (Å²) in [5.74, 6) is -0.280. The van der Waals surface area contributed by atoms with Crippen LogP contribution in [0.15, 0.2) is 47.6 Å². The molecule has 2 rings (SSSR count). The maximum atomic E-state index is 11.7. The zero-order valence-electron chi connectivity index (χ0n) is 12.6. The Morgan fingerprint density at radius 3 is 2.65 bits per heavy atom. The molecule has 0 aromatic heterocycles. The lowest BCUT2D eigenvalue weighted by Gasteiger charge is -2.06. The van der Waals surface area contributed by atoms with Crippen LogP contribution in [0.1, 0.15) is 16.7 Å². The number of benzene rings is 2. The lowest BCUT2D eigenvalue weighted by atomic mass is 10.2. The van der Waals surface area contributed by atoms with Gasteiger partial charge in [-0.05, 0) is 30.2 Å². The van der Waals surface area contributed by atoms with Crippen molar-refractivity contribution in [3.8, 4) is 0 Å². The van der Waals surface area contributed by atoms with E-state index in [1.165, 1.54) is 5.56 Å². The zero-order valence-corrected chi connectivity index (χ0v) is 14.1. The summed E-state index contributed by atoms with van der Waals surface area (Å²) in [5.41, 5.74) is 2.86. The molecule has 0 unspecified atom stereocenters. The van der Waals surface area contributed by atoms with Gasteiger partial charge >= 0.3 is 0 Å². The molecule has 4 nitrogen and oxygen atoms in total. The fourth-order valence-electron chi connectivity index (χ4n) is 1.76. The van der Waals surface area contributed by atoms with Gasteiger partial charge in [0.25, 0.3) is 5.91 Å². The van der Waals surface area contributed by atoms with Crippen molar-refractivity contribution >= 4 is 35.3 Å². The molecule has 1 amide bonds. The summed E-state index contributed by atoms with van der Waals surface area (Å²) in [5, 5.41) is 7.53. The van der Waals surface area contributed by atoms with Crippen LogP contribution in [0.3, 0.4) is 0 Å². The van der Waals surface area contributed by atoms with Gasteiger partial charge in [0.05, 0.1) is 6.21 Å². The van der Waals surface area contributed by atoms with Gasteiger partial charge in [-0.2, -0.15) is 0 Å². The molecule has 0 radical (unpaired) electrons. The van der Waals surface area contributed by atoms with Crippen LogP contribution in [0.5, 0.6) is 0 Å². The standard InChI is InChI=1S/C17H16Cl2N2O2/c1-12-2-4-13(5-3-12)9-21-23-11-17(22)20-10-14-6-7-15(18)8-16(14)19/h2-9H,10-11H2,1H3,(H,20,22)/b21-9-. The van der Waals surface area contributed by atoms with Gasteiger partial charge in [0.1, 0.15) is 0 Å². The summed E-state index contributed by atoms with van der Waals surface area (Å²) in [6.45, 7) is 2.15. The molecule has 23 heavy (non-hydrogen) atoms. The molecule has 120 valence electrons. The van der Waals surface area contributed by atoms with Gasteiger partial charge in [0.2, 0.25) is 0 Å². The molecule has 0 saturated heterocycles. The first kappa shape index (κ1) is 17.3. The minimum atomic E-state index is -0.280. The largest absolute Gasteiger partial charge is 0.386 e. The van der Waals surface area contributed by atoms with Gasteiger partial charge < -0.3 is 10.2 Å².